The Morgan fingerprint density at radius 1 is 1.47 bits per heavy atom. The summed E-state index contributed by atoms with van der Waals surface area (Å²) in [6.07, 6.45) is 2.42. The average molecular weight is 241 g/mol. The lowest BCUT2D eigenvalue weighted by Crippen LogP contribution is -2.30. The standard InChI is InChI=1S/C11H13ClN2S/c1-7-2-5-10(9(12)6-7)14-11(15)13-8-3-4-8/h2,5-6,8H,3-4H2,1H3,(H2,13,14,15). The van der Waals surface area contributed by atoms with E-state index in [-0.39, 0.29) is 0 Å². The Labute approximate surface area is 100 Å². The summed E-state index contributed by atoms with van der Waals surface area (Å²) in [7, 11) is 0. The summed E-state index contributed by atoms with van der Waals surface area (Å²) in [5.41, 5.74) is 2.01. The normalized spacial score (nSPS) is 14.8. The maximum atomic E-state index is 6.08. The van der Waals surface area contributed by atoms with Crippen LogP contribution in [0.3, 0.4) is 0 Å². The number of nitrogens with one attached hydrogen (secondary N) is 2. The van der Waals surface area contributed by atoms with E-state index in [1.165, 1.54) is 12.8 Å². The van der Waals surface area contributed by atoms with E-state index >= 15 is 0 Å². The summed E-state index contributed by atoms with van der Waals surface area (Å²) in [5.74, 6) is 0. The topological polar surface area (TPSA) is 24.1 Å². The van der Waals surface area contributed by atoms with Gasteiger partial charge in [0, 0.05) is 6.04 Å². The van der Waals surface area contributed by atoms with Gasteiger partial charge < -0.3 is 10.6 Å². The van der Waals surface area contributed by atoms with E-state index in [1.807, 2.05) is 25.1 Å². The Kier molecular flexibility index (Phi) is 3.12. The highest BCUT2D eigenvalue weighted by atomic mass is 35.5. The van der Waals surface area contributed by atoms with E-state index in [0.29, 0.717) is 16.2 Å². The summed E-state index contributed by atoms with van der Waals surface area (Å²) < 4.78 is 0. The van der Waals surface area contributed by atoms with Gasteiger partial charge in [-0.3, -0.25) is 0 Å². The van der Waals surface area contributed by atoms with Crippen molar-refractivity contribution < 1.29 is 0 Å². The van der Waals surface area contributed by atoms with Gasteiger partial charge in [0.2, 0.25) is 0 Å². The number of rotatable bonds is 2. The minimum absolute atomic E-state index is 0.564. The summed E-state index contributed by atoms with van der Waals surface area (Å²) in [6, 6.07) is 6.44. The van der Waals surface area contributed by atoms with Crippen molar-refractivity contribution in [2.75, 3.05) is 5.32 Å². The molecule has 0 aromatic heterocycles. The first-order valence-corrected chi connectivity index (χ1v) is 5.77. The second-order valence-corrected chi connectivity index (χ2v) is 4.67. The van der Waals surface area contributed by atoms with Gasteiger partial charge in [0.1, 0.15) is 0 Å². The molecular formula is C11H13ClN2S. The molecule has 0 radical (unpaired) electrons. The van der Waals surface area contributed by atoms with Crippen LogP contribution in [0.5, 0.6) is 0 Å². The first-order chi connectivity index (χ1) is 7.15. The van der Waals surface area contributed by atoms with Gasteiger partial charge in [-0.2, -0.15) is 0 Å². The predicted octanol–water partition coefficient (Wildman–Crippen LogP) is 3.10. The van der Waals surface area contributed by atoms with Gasteiger partial charge in [0.05, 0.1) is 10.7 Å². The van der Waals surface area contributed by atoms with E-state index < -0.39 is 0 Å². The Morgan fingerprint density at radius 2 is 2.20 bits per heavy atom. The summed E-state index contributed by atoms with van der Waals surface area (Å²) >= 11 is 11.2. The Bertz CT molecular complexity index is 388. The number of hydrogen-bond acceptors (Lipinski definition) is 1. The van der Waals surface area contributed by atoms with Crippen LogP contribution in [0.15, 0.2) is 18.2 Å². The van der Waals surface area contributed by atoms with Gasteiger partial charge in [-0.05, 0) is 49.7 Å². The largest absolute Gasteiger partial charge is 0.360 e. The van der Waals surface area contributed by atoms with E-state index in [0.717, 1.165) is 11.3 Å². The van der Waals surface area contributed by atoms with Gasteiger partial charge in [-0.15, -0.1) is 0 Å². The molecule has 80 valence electrons. The van der Waals surface area contributed by atoms with Crippen LogP contribution in [0.25, 0.3) is 0 Å². The number of benzene rings is 1. The van der Waals surface area contributed by atoms with Crippen LogP contribution < -0.4 is 10.6 Å². The lowest BCUT2D eigenvalue weighted by molar-refractivity contribution is 0.919. The molecule has 0 unspecified atom stereocenters. The zero-order valence-corrected chi connectivity index (χ0v) is 10.1. The van der Waals surface area contributed by atoms with Crippen molar-refractivity contribution in [2.24, 2.45) is 0 Å². The molecule has 0 heterocycles. The molecule has 4 heteroatoms. The smallest absolute Gasteiger partial charge is 0.171 e. The van der Waals surface area contributed by atoms with Crippen molar-refractivity contribution in [3.05, 3.63) is 28.8 Å². The van der Waals surface area contributed by atoms with Crippen molar-refractivity contribution in [3.8, 4) is 0 Å². The molecule has 2 N–H and O–H groups in total. The maximum absolute atomic E-state index is 6.08. The number of aryl methyl sites for hydroxylation is 1. The quantitative estimate of drug-likeness (QED) is 0.777. The molecule has 0 bridgehead atoms. The first-order valence-electron chi connectivity index (χ1n) is 4.99. The highest BCUT2D eigenvalue weighted by Crippen LogP contribution is 2.23. The highest BCUT2D eigenvalue weighted by Gasteiger charge is 2.21. The molecule has 0 atom stereocenters. The molecule has 0 amide bonds. The minimum atomic E-state index is 0.564. The number of hydrogen-bond donors (Lipinski definition) is 2. The third kappa shape index (κ3) is 3.08. The first kappa shape index (κ1) is 10.7. The van der Waals surface area contributed by atoms with Crippen LogP contribution >= 0.6 is 23.8 Å². The Balaban J connectivity index is 1.99. The van der Waals surface area contributed by atoms with E-state index in [9.17, 15) is 0 Å². The molecule has 0 spiro atoms. The molecule has 15 heavy (non-hydrogen) atoms. The summed E-state index contributed by atoms with van der Waals surface area (Å²) in [5, 5.41) is 7.66. The molecule has 1 aliphatic rings. The lowest BCUT2D eigenvalue weighted by atomic mass is 10.2. The maximum Gasteiger partial charge on any atom is 0.171 e. The van der Waals surface area contributed by atoms with Crippen molar-refractivity contribution >= 4 is 34.6 Å². The van der Waals surface area contributed by atoms with Crippen LogP contribution in [0.4, 0.5) is 5.69 Å². The monoisotopic (exact) mass is 240 g/mol. The molecule has 1 fully saturated rings. The van der Waals surface area contributed by atoms with Crippen molar-refractivity contribution in [1.29, 1.82) is 0 Å². The van der Waals surface area contributed by atoms with Gasteiger partial charge >= 0.3 is 0 Å². The van der Waals surface area contributed by atoms with Crippen LogP contribution in [0.1, 0.15) is 18.4 Å². The van der Waals surface area contributed by atoms with Crippen molar-refractivity contribution in [2.45, 2.75) is 25.8 Å². The molecule has 1 aromatic carbocycles. The zero-order chi connectivity index (χ0) is 10.8. The Morgan fingerprint density at radius 3 is 2.80 bits per heavy atom. The Hall–Kier alpha value is -0.800. The summed E-state index contributed by atoms with van der Waals surface area (Å²) in [4.78, 5) is 0. The number of anilines is 1. The second kappa shape index (κ2) is 4.37. The molecule has 2 rings (SSSR count). The van der Waals surface area contributed by atoms with Gasteiger partial charge in [-0.1, -0.05) is 17.7 Å². The minimum Gasteiger partial charge on any atom is -0.360 e. The van der Waals surface area contributed by atoms with Gasteiger partial charge in [0.25, 0.3) is 0 Å². The third-order valence-electron chi connectivity index (χ3n) is 2.29. The van der Waals surface area contributed by atoms with Crippen LogP contribution in [-0.4, -0.2) is 11.2 Å². The molecule has 0 aliphatic heterocycles. The number of halogens is 1. The molecule has 1 aliphatic carbocycles. The van der Waals surface area contributed by atoms with Crippen molar-refractivity contribution in [3.63, 3.8) is 0 Å². The van der Waals surface area contributed by atoms with Crippen molar-refractivity contribution in [1.82, 2.24) is 5.32 Å². The lowest BCUT2D eigenvalue weighted by Gasteiger charge is -2.11. The van der Waals surface area contributed by atoms with Crippen LogP contribution in [0, 0.1) is 6.92 Å². The average Bonchev–Trinajstić information content (AvgIpc) is 2.94. The van der Waals surface area contributed by atoms with E-state index in [1.54, 1.807) is 0 Å². The van der Waals surface area contributed by atoms with Gasteiger partial charge in [0.15, 0.2) is 5.11 Å². The summed E-state index contributed by atoms with van der Waals surface area (Å²) in [6.45, 7) is 2.01. The van der Waals surface area contributed by atoms with Crippen LogP contribution in [0.2, 0.25) is 5.02 Å². The third-order valence-corrected chi connectivity index (χ3v) is 2.82. The highest BCUT2D eigenvalue weighted by molar-refractivity contribution is 7.80. The molecular weight excluding hydrogens is 228 g/mol. The fourth-order valence-electron chi connectivity index (χ4n) is 1.29. The molecule has 2 nitrogen and oxygen atoms in total. The van der Waals surface area contributed by atoms with Crippen LogP contribution in [-0.2, 0) is 0 Å². The SMILES string of the molecule is Cc1ccc(NC(=S)NC2CC2)c(Cl)c1. The van der Waals surface area contributed by atoms with E-state index in [4.69, 9.17) is 23.8 Å². The predicted molar refractivity (Wildman–Crippen MR) is 68.6 cm³/mol. The zero-order valence-electron chi connectivity index (χ0n) is 8.51. The second-order valence-electron chi connectivity index (χ2n) is 3.86. The van der Waals surface area contributed by atoms with E-state index in [2.05, 4.69) is 10.6 Å². The molecule has 1 saturated carbocycles. The molecule has 1 aromatic rings. The fourth-order valence-corrected chi connectivity index (χ4v) is 1.85. The number of thiocarbonyl (C=S) groups is 1. The van der Waals surface area contributed by atoms with Gasteiger partial charge in [-0.25, -0.2) is 0 Å². The fraction of sp³-hybridized carbons (Fsp3) is 0.364. The molecule has 0 saturated heterocycles.